The minimum absolute atomic E-state index is 0.0673. The quantitative estimate of drug-likeness (QED) is 0.640. The zero-order valence-electron chi connectivity index (χ0n) is 14.9. The minimum atomic E-state index is -0.321. The van der Waals surface area contributed by atoms with Gasteiger partial charge in [0, 0.05) is 6.54 Å². The number of allylic oxidation sites excluding steroid dienone is 1. The zero-order chi connectivity index (χ0) is 18.6. The molecule has 0 bridgehead atoms. The molecule has 3 aromatic rings. The van der Waals surface area contributed by atoms with Crippen molar-refractivity contribution in [2.24, 2.45) is 0 Å². The van der Waals surface area contributed by atoms with Gasteiger partial charge in [0.05, 0.1) is 11.3 Å². The van der Waals surface area contributed by atoms with E-state index in [0.29, 0.717) is 23.6 Å². The van der Waals surface area contributed by atoms with E-state index >= 15 is 0 Å². The Morgan fingerprint density at radius 2 is 2.30 bits per heavy atom. The summed E-state index contributed by atoms with van der Waals surface area (Å²) in [5.74, 6) is 0.294. The fourth-order valence-corrected chi connectivity index (χ4v) is 4.00. The lowest BCUT2D eigenvalue weighted by Gasteiger charge is -2.12. The number of carbonyl (C=O) groups is 1. The lowest BCUT2D eigenvalue weighted by Crippen LogP contribution is -2.29. The Morgan fingerprint density at radius 3 is 3.07 bits per heavy atom. The summed E-state index contributed by atoms with van der Waals surface area (Å²) in [5.41, 5.74) is 2.20. The molecule has 3 aromatic heterocycles. The number of hydrogen-bond acceptors (Lipinski definition) is 5. The molecule has 0 aromatic carbocycles. The molecule has 4 rings (SSSR count). The Bertz CT molecular complexity index is 1030. The summed E-state index contributed by atoms with van der Waals surface area (Å²) >= 11 is 1.55. The van der Waals surface area contributed by atoms with Crippen molar-refractivity contribution in [1.82, 2.24) is 25.1 Å². The molecule has 8 heteroatoms. The normalized spacial score (nSPS) is 14.3. The number of rotatable bonds is 6. The third-order valence-corrected chi connectivity index (χ3v) is 5.61. The Kier molecular flexibility index (Phi) is 5.15. The van der Waals surface area contributed by atoms with Crippen molar-refractivity contribution in [2.75, 3.05) is 6.54 Å². The fraction of sp³-hybridized carbons (Fsp3) is 0.368. The average Bonchev–Trinajstić information content (AvgIpc) is 3.35. The van der Waals surface area contributed by atoms with Gasteiger partial charge < -0.3 is 5.32 Å². The van der Waals surface area contributed by atoms with Gasteiger partial charge in [-0.05, 0) is 49.6 Å². The highest BCUT2D eigenvalue weighted by molar-refractivity contribution is 7.13. The monoisotopic (exact) mass is 383 g/mol. The SMILES string of the molecule is O=C(Cc1n[nH]c(=O)c2cc(-c3cccs3)nn12)NCCC1=CCCCC1. The van der Waals surface area contributed by atoms with Crippen LogP contribution in [-0.2, 0) is 11.2 Å². The summed E-state index contributed by atoms with van der Waals surface area (Å²) in [6, 6.07) is 5.60. The van der Waals surface area contributed by atoms with Crippen LogP contribution in [0.1, 0.15) is 37.9 Å². The number of H-pyrrole nitrogens is 1. The Hall–Kier alpha value is -2.74. The lowest BCUT2D eigenvalue weighted by molar-refractivity contribution is -0.120. The third-order valence-electron chi connectivity index (χ3n) is 4.72. The number of nitrogens with one attached hydrogen (secondary N) is 2. The molecule has 0 aliphatic heterocycles. The van der Waals surface area contributed by atoms with E-state index < -0.39 is 0 Å². The molecule has 1 aliphatic carbocycles. The van der Waals surface area contributed by atoms with Gasteiger partial charge in [0.2, 0.25) is 5.91 Å². The predicted molar refractivity (Wildman–Crippen MR) is 105 cm³/mol. The number of hydrogen-bond donors (Lipinski definition) is 2. The molecule has 0 atom stereocenters. The molecule has 0 unspecified atom stereocenters. The predicted octanol–water partition coefficient (Wildman–Crippen LogP) is 2.70. The van der Waals surface area contributed by atoms with E-state index in [1.807, 2.05) is 17.5 Å². The summed E-state index contributed by atoms with van der Waals surface area (Å²) in [6.07, 6.45) is 8.04. The standard InChI is InChI=1S/C19H21N5O2S/c25-18(20-9-8-13-5-2-1-3-6-13)12-17-21-22-19(26)15-11-14(23-24(15)17)16-7-4-10-27-16/h4-5,7,10-11H,1-3,6,8-9,12H2,(H,20,25)(H,22,26). The lowest BCUT2D eigenvalue weighted by atomic mass is 9.97. The number of nitrogens with zero attached hydrogens (tertiary/aromatic N) is 3. The zero-order valence-corrected chi connectivity index (χ0v) is 15.7. The molecule has 0 fully saturated rings. The molecule has 0 saturated carbocycles. The van der Waals surface area contributed by atoms with Gasteiger partial charge in [0.25, 0.3) is 5.56 Å². The smallest absolute Gasteiger partial charge is 0.290 e. The number of amides is 1. The van der Waals surface area contributed by atoms with Gasteiger partial charge >= 0.3 is 0 Å². The van der Waals surface area contributed by atoms with Crippen LogP contribution in [-0.4, -0.2) is 32.3 Å². The van der Waals surface area contributed by atoms with Crippen LogP contribution in [0.15, 0.2) is 40.0 Å². The number of fused-ring (bicyclic) bond motifs is 1. The van der Waals surface area contributed by atoms with Crippen LogP contribution in [0.25, 0.3) is 16.1 Å². The summed E-state index contributed by atoms with van der Waals surface area (Å²) in [4.78, 5) is 25.3. The van der Waals surface area contributed by atoms with Gasteiger partial charge in [-0.2, -0.15) is 10.2 Å². The van der Waals surface area contributed by atoms with Crippen molar-refractivity contribution in [3.05, 3.63) is 51.4 Å². The molecule has 1 amide bonds. The molecule has 0 spiro atoms. The maximum absolute atomic E-state index is 12.3. The van der Waals surface area contributed by atoms with Crippen molar-refractivity contribution >= 4 is 22.8 Å². The van der Waals surface area contributed by atoms with E-state index in [4.69, 9.17) is 0 Å². The first-order valence-corrected chi connectivity index (χ1v) is 10.0. The number of thiophene rings is 1. The molecule has 27 heavy (non-hydrogen) atoms. The summed E-state index contributed by atoms with van der Waals surface area (Å²) in [5, 5.41) is 15.9. The first-order valence-electron chi connectivity index (χ1n) is 9.16. The van der Waals surface area contributed by atoms with Crippen LogP contribution < -0.4 is 10.9 Å². The van der Waals surface area contributed by atoms with Crippen LogP contribution in [0.3, 0.4) is 0 Å². The van der Waals surface area contributed by atoms with Crippen molar-refractivity contribution in [3.63, 3.8) is 0 Å². The van der Waals surface area contributed by atoms with Crippen molar-refractivity contribution in [2.45, 2.75) is 38.5 Å². The maximum Gasteiger partial charge on any atom is 0.290 e. The molecular weight excluding hydrogens is 362 g/mol. The van der Waals surface area contributed by atoms with E-state index in [9.17, 15) is 9.59 Å². The highest BCUT2D eigenvalue weighted by Crippen LogP contribution is 2.23. The van der Waals surface area contributed by atoms with Gasteiger partial charge in [-0.3, -0.25) is 9.59 Å². The molecule has 7 nitrogen and oxygen atoms in total. The van der Waals surface area contributed by atoms with E-state index in [2.05, 4.69) is 26.7 Å². The molecule has 1 aliphatic rings. The van der Waals surface area contributed by atoms with Gasteiger partial charge in [0.15, 0.2) is 5.82 Å². The maximum atomic E-state index is 12.3. The Morgan fingerprint density at radius 1 is 1.37 bits per heavy atom. The van der Waals surface area contributed by atoms with Crippen molar-refractivity contribution in [1.29, 1.82) is 0 Å². The number of aromatic amines is 1. The highest BCUT2D eigenvalue weighted by atomic mass is 32.1. The topological polar surface area (TPSA) is 92.2 Å². The largest absolute Gasteiger partial charge is 0.355 e. The minimum Gasteiger partial charge on any atom is -0.355 e. The Labute approximate surface area is 160 Å². The first kappa shape index (κ1) is 17.7. The van der Waals surface area contributed by atoms with E-state index in [0.717, 1.165) is 24.1 Å². The third kappa shape index (κ3) is 4.00. The summed E-state index contributed by atoms with van der Waals surface area (Å²) in [6.45, 7) is 0.622. The highest BCUT2D eigenvalue weighted by Gasteiger charge is 2.15. The molecule has 2 N–H and O–H groups in total. The molecule has 0 saturated heterocycles. The van der Waals surface area contributed by atoms with Gasteiger partial charge in [0.1, 0.15) is 11.2 Å². The van der Waals surface area contributed by atoms with Crippen LogP contribution in [0.4, 0.5) is 0 Å². The second-order valence-corrected chi connectivity index (χ2v) is 7.61. The van der Waals surface area contributed by atoms with Gasteiger partial charge in [-0.15, -0.1) is 11.3 Å². The second-order valence-electron chi connectivity index (χ2n) is 6.66. The fourth-order valence-electron chi connectivity index (χ4n) is 3.32. The molecule has 0 radical (unpaired) electrons. The van der Waals surface area contributed by atoms with Crippen LogP contribution >= 0.6 is 11.3 Å². The Balaban J connectivity index is 1.46. The summed E-state index contributed by atoms with van der Waals surface area (Å²) < 4.78 is 1.47. The van der Waals surface area contributed by atoms with Crippen LogP contribution in [0, 0.1) is 0 Å². The van der Waals surface area contributed by atoms with E-state index in [-0.39, 0.29) is 17.9 Å². The van der Waals surface area contributed by atoms with E-state index in [1.165, 1.54) is 22.9 Å². The van der Waals surface area contributed by atoms with Crippen molar-refractivity contribution in [3.8, 4) is 10.6 Å². The van der Waals surface area contributed by atoms with Crippen LogP contribution in [0.2, 0.25) is 0 Å². The van der Waals surface area contributed by atoms with E-state index in [1.54, 1.807) is 17.4 Å². The van der Waals surface area contributed by atoms with Gasteiger partial charge in [-0.1, -0.05) is 17.7 Å². The average molecular weight is 383 g/mol. The molecule has 3 heterocycles. The first-order chi connectivity index (χ1) is 13.2. The molecular formula is C19H21N5O2S. The van der Waals surface area contributed by atoms with Crippen LogP contribution in [0.5, 0.6) is 0 Å². The summed E-state index contributed by atoms with van der Waals surface area (Å²) in [7, 11) is 0. The van der Waals surface area contributed by atoms with Crippen molar-refractivity contribution < 1.29 is 4.79 Å². The number of aromatic nitrogens is 4. The van der Waals surface area contributed by atoms with Gasteiger partial charge in [-0.25, -0.2) is 9.61 Å². The molecule has 140 valence electrons. The second kappa shape index (κ2) is 7.87. The number of carbonyl (C=O) groups excluding carboxylic acids is 1.